The summed E-state index contributed by atoms with van der Waals surface area (Å²) in [7, 11) is 0. The van der Waals surface area contributed by atoms with Gasteiger partial charge in [0, 0.05) is 25.4 Å². The highest BCUT2D eigenvalue weighted by Gasteiger charge is 2.20. The number of rotatable bonds is 6. The Kier molecular flexibility index (Phi) is 7.00. The third-order valence-corrected chi connectivity index (χ3v) is 4.07. The van der Waals surface area contributed by atoms with Crippen molar-refractivity contribution in [2.75, 3.05) is 19.7 Å². The molecule has 0 aromatic carbocycles. The van der Waals surface area contributed by atoms with E-state index in [-0.39, 0.29) is 31.0 Å². The molecule has 6 heteroatoms. The van der Waals surface area contributed by atoms with Crippen molar-refractivity contribution in [3.05, 3.63) is 30.1 Å². The zero-order valence-corrected chi connectivity index (χ0v) is 13.4. The van der Waals surface area contributed by atoms with Gasteiger partial charge in [-0.05, 0) is 37.0 Å². The third-order valence-electron chi connectivity index (χ3n) is 4.07. The van der Waals surface area contributed by atoms with Gasteiger partial charge in [0.25, 0.3) is 0 Å². The van der Waals surface area contributed by atoms with Crippen molar-refractivity contribution in [1.82, 2.24) is 15.2 Å². The first-order valence-corrected chi connectivity index (χ1v) is 8.26. The molecule has 23 heavy (non-hydrogen) atoms. The van der Waals surface area contributed by atoms with Crippen LogP contribution in [0.5, 0.6) is 0 Å². The van der Waals surface area contributed by atoms with Gasteiger partial charge in [-0.3, -0.25) is 14.6 Å². The highest BCUT2D eigenvalue weighted by molar-refractivity contribution is 5.85. The number of pyridine rings is 1. The van der Waals surface area contributed by atoms with Crippen molar-refractivity contribution in [2.45, 2.75) is 44.6 Å². The maximum Gasteiger partial charge on any atom is 0.239 e. The van der Waals surface area contributed by atoms with Crippen molar-refractivity contribution in [1.29, 1.82) is 0 Å². The number of aliphatic hydroxyl groups excluding tert-OH is 1. The van der Waals surface area contributed by atoms with Gasteiger partial charge in [-0.25, -0.2) is 0 Å². The van der Waals surface area contributed by atoms with Crippen LogP contribution in [0.3, 0.4) is 0 Å². The molecular formula is C17H25N3O3. The molecular weight excluding hydrogens is 294 g/mol. The highest BCUT2D eigenvalue weighted by Crippen LogP contribution is 2.11. The van der Waals surface area contributed by atoms with Crippen LogP contribution in [0.1, 0.15) is 37.7 Å². The Hall–Kier alpha value is -1.95. The van der Waals surface area contributed by atoms with Gasteiger partial charge < -0.3 is 15.3 Å². The van der Waals surface area contributed by atoms with Crippen LogP contribution in [-0.2, 0) is 16.0 Å². The van der Waals surface area contributed by atoms with Crippen LogP contribution in [0.15, 0.2) is 24.5 Å². The van der Waals surface area contributed by atoms with Crippen LogP contribution in [0.25, 0.3) is 0 Å². The summed E-state index contributed by atoms with van der Waals surface area (Å²) in [5.41, 5.74) is 1.00. The molecule has 6 nitrogen and oxygen atoms in total. The van der Waals surface area contributed by atoms with Gasteiger partial charge in [-0.15, -0.1) is 0 Å². The number of aliphatic hydroxyl groups is 1. The first-order chi connectivity index (χ1) is 11.2. The molecule has 1 atom stereocenters. The lowest BCUT2D eigenvalue weighted by Crippen LogP contribution is -2.46. The van der Waals surface area contributed by atoms with E-state index in [1.807, 2.05) is 12.1 Å². The number of aromatic nitrogens is 1. The molecule has 126 valence electrons. The second-order valence-electron chi connectivity index (χ2n) is 5.99. The SMILES string of the molecule is O=C(CN1CCCCCCC1=O)N[C@@H](CO)Cc1ccncc1. The Morgan fingerprint density at radius 2 is 2.00 bits per heavy atom. The summed E-state index contributed by atoms with van der Waals surface area (Å²) in [4.78, 5) is 29.8. The third kappa shape index (κ3) is 5.98. The average molecular weight is 319 g/mol. The predicted molar refractivity (Wildman–Crippen MR) is 86.6 cm³/mol. The van der Waals surface area contributed by atoms with Gasteiger partial charge in [-0.2, -0.15) is 0 Å². The second kappa shape index (κ2) is 9.25. The Balaban J connectivity index is 1.85. The summed E-state index contributed by atoms with van der Waals surface area (Å²) in [6.07, 6.45) is 8.47. The first kappa shape index (κ1) is 17.4. The molecule has 2 heterocycles. The minimum atomic E-state index is -0.352. The molecule has 2 N–H and O–H groups in total. The van der Waals surface area contributed by atoms with Crippen LogP contribution in [0.2, 0.25) is 0 Å². The molecule has 0 radical (unpaired) electrons. The molecule has 0 spiro atoms. The molecule has 0 aliphatic carbocycles. The number of nitrogens with zero attached hydrogens (tertiary/aromatic N) is 2. The Morgan fingerprint density at radius 1 is 1.26 bits per heavy atom. The number of carbonyl (C=O) groups is 2. The monoisotopic (exact) mass is 319 g/mol. The maximum absolute atomic E-state index is 12.2. The standard InChI is InChI=1S/C17H25N3O3/c21-13-15(11-14-6-8-18-9-7-14)19-16(22)12-20-10-4-2-1-3-5-17(20)23/h6-9,15,21H,1-5,10-13H2,(H,19,22)/t15-/m1/s1. The second-order valence-corrected chi connectivity index (χ2v) is 5.99. The molecule has 1 aliphatic heterocycles. The van der Waals surface area contributed by atoms with E-state index in [1.54, 1.807) is 17.3 Å². The molecule has 2 rings (SSSR count). The minimum absolute atomic E-state index is 0.0505. The van der Waals surface area contributed by atoms with Crippen LogP contribution in [0.4, 0.5) is 0 Å². The molecule has 1 aromatic heterocycles. The number of nitrogens with one attached hydrogen (secondary N) is 1. The zero-order chi connectivity index (χ0) is 16.5. The number of hydrogen-bond donors (Lipinski definition) is 2. The largest absolute Gasteiger partial charge is 0.394 e. The van der Waals surface area contributed by atoms with Gasteiger partial charge in [0.05, 0.1) is 19.2 Å². The quantitative estimate of drug-likeness (QED) is 0.816. The summed E-state index contributed by atoms with van der Waals surface area (Å²) in [6, 6.07) is 3.36. The lowest BCUT2D eigenvalue weighted by molar-refractivity contribution is -0.136. The predicted octanol–water partition coefficient (Wildman–Crippen LogP) is 0.894. The summed E-state index contributed by atoms with van der Waals surface area (Å²) in [5.74, 6) is -0.165. The topological polar surface area (TPSA) is 82.5 Å². The first-order valence-electron chi connectivity index (χ1n) is 8.26. The van der Waals surface area contributed by atoms with Crippen molar-refractivity contribution in [2.24, 2.45) is 0 Å². The molecule has 0 saturated carbocycles. The lowest BCUT2D eigenvalue weighted by Gasteiger charge is -2.25. The van der Waals surface area contributed by atoms with Crippen molar-refractivity contribution < 1.29 is 14.7 Å². The Labute approximate surface area is 136 Å². The van der Waals surface area contributed by atoms with E-state index in [9.17, 15) is 14.7 Å². The van der Waals surface area contributed by atoms with E-state index in [4.69, 9.17) is 0 Å². The van der Waals surface area contributed by atoms with Crippen molar-refractivity contribution >= 4 is 11.8 Å². The van der Waals surface area contributed by atoms with Crippen LogP contribution >= 0.6 is 0 Å². The maximum atomic E-state index is 12.2. The van der Waals surface area contributed by atoms with Gasteiger partial charge in [0.15, 0.2) is 0 Å². The van der Waals surface area contributed by atoms with Gasteiger partial charge in [0.2, 0.25) is 11.8 Å². The number of amides is 2. The van der Waals surface area contributed by atoms with E-state index >= 15 is 0 Å². The van der Waals surface area contributed by atoms with Crippen LogP contribution in [-0.4, -0.2) is 52.5 Å². The van der Waals surface area contributed by atoms with E-state index < -0.39 is 0 Å². The van der Waals surface area contributed by atoms with E-state index in [1.165, 1.54) is 0 Å². The average Bonchev–Trinajstić information content (AvgIpc) is 2.55. The molecule has 1 saturated heterocycles. The van der Waals surface area contributed by atoms with E-state index in [0.717, 1.165) is 31.2 Å². The van der Waals surface area contributed by atoms with Crippen LogP contribution < -0.4 is 5.32 Å². The molecule has 1 fully saturated rings. The fraction of sp³-hybridized carbons (Fsp3) is 0.588. The minimum Gasteiger partial charge on any atom is -0.394 e. The molecule has 1 aromatic rings. The molecule has 1 aliphatic rings. The Bertz CT molecular complexity index is 507. The van der Waals surface area contributed by atoms with Crippen molar-refractivity contribution in [3.8, 4) is 0 Å². The zero-order valence-electron chi connectivity index (χ0n) is 13.4. The highest BCUT2D eigenvalue weighted by atomic mass is 16.3. The van der Waals surface area contributed by atoms with Gasteiger partial charge in [-0.1, -0.05) is 12.8 Å². The van der Waals surface area contributed by atoms with Gasteiger partial charge in [0.1, 0.15) is 0 Å². The molecule has 2 amide bonds. The van der Waals surface area contributed by atoms with Gasteiger partial charge >= 0.3 is 0 Å². The summed E-state index contributed by atoms with van der Waals surface area (Å²) < 4.78 is 0. The fourth-order valence-corrected chi connectivity index (χ4v) is 2.79. The number of carbonyl (C=O) groups excluding carboxylic acids is 2. The summed E-state index contributed by atoms with van der Waals surface area (Å²) >= 11 is 0. The normalized spacial score (nSPS) is 17.3. The van der Waals surface area contributed by atoms with E-state index in [0.29, 0.717) is 19.4 Å². The van der Waals surface area contributed by atoms with Crippen LogP contribution in [0, 0.1) is 0 Å². The number of likely N-dealkylation sites (tertiary alicyclic amines) is 1. The summed E-state index contributed by atoms with van der Waals surface area (Å²) in [5, 5.41) is 12.3. The lowest BCUT2D eigenvalue weighted by atomic mass is 10.1. The van der Waals surface area contributed by atoms with E-state index in [2.05, 4.69) is 10.3 Å². The number of hydrogen-bond acceptors (Lipinski definition) is 4. The molecule has 0 unspecified atom stereocenters. The molecule has 0 bridgehead atoms. The summed E-state index contributed by atoms with van der Waals surface area (Å²) in [6.45, 7) is 0.577. The fourth-order valence-electron chi connectivity index (χ4n) is 2.79. The van der Waals surface area contributed by atoms with Crippen molar-refractivity contribution in [3.63, 3.8) is 0 Å². The smallest absolute Gasteiger partial charge is 0.239 e. The Morgan fingerprint density at radius 3 is 2.74 bits per heavy atom.